The molecule has 0 saturated carbocycles. The van der Waals surface area contributed by atoms with Crippen molar-refractivity contribution >= 4 is 40.6 Å². The van der Waals surface area contributed by atoms with Gasteiger partial charge in [-0.25, -0.2) is 4.79 Å². The summed E-state index contributed by atoms with van der Waals surface area (Å²) < 4.78 is 5.03. The molecule has 0 aromatic heterocycles. The Morgan fingerprint density at radius 3 is 2.39 bits per heavy atom. The molecule has 1 heterocycles. The van der Waals surface area contributed by atoms with Gasteiger partial charge in [0.1, 0.15) is 0 Å². The number of carbonyl (C=O) groups is 2. The van der Waals surface area contributed by atoms with E-state index in [4.69, 9.17) is 16.3 Å². The van der Waals surface area contributed by atoms with Crippen LogP contribution in [0.1, 0.15) is 30.1 Å². The van der Waals surface area contributed by atoms with E-state index in [-0.39, 0.29) is 5.91 Å². The predicted molar refractivity (Wildman–Crippen MR) is 125 cm³/mol. The minimum absolute atomic E-state index is 0.188. The number of halogens is 1. The molecule has 2 aromatic rings. The molecule has 166 valence electrons. The second-order valence-corrected chi connectivity index (χ2v) is 8.17. The number of rotatable bonds is 7. The molecule has 0 unspecified atom stereocenters. The monoisotopic (exact) mass is 444 g/mol. The standard InChI is InChI=1S/C23H29ClN4O3/c1-16-9-12-28(13-10-16)21-8-7-19(15-20(21)22(29)25-11-14-31-2)27-23(30)26-18-5-3-17(24)4-6-18/h3-8,15-16H,9-14H2,1-2H3,(H,25,29)(H2,26,27,30). The zero-order valence-corrected chi connectivity index (χ0v) is 18.7. The Bertz CT molecular complexity index is 896. The first-order valence-electron chi connectivity index (χ1n) is 10.5. The van der Waals surface area contributed by atoms with Gasteiger partial charge >= 0.3 is 6.03 Å². The lowest BCUT2D eigenvalue weighted by atomic mass is 9.98. The molecule has 0 spiro atoms. The number of nitrogens with one attached hydrogen (secondary N) is 3. The van der Waals surface area contributed by atoms with Gasteiger partial charge in [-0.3, -0.25) is 4.79 Å². The molecule has 3 N–H and O–H groups in total. The third-order valence-electron chi connectivity index (χ3n) is 5.32. The molecule has 3 amide bonds. The summed E-state index contributed by atoms with van der Waals surface area (Å²) in [6.45, 7) is 4.92. The summed E-state index contributed by atoms with van der Waals surface area (Å²) in [5.74, 6) is 0.500. The molecule has 0 atom stereocenters. The third kappa shape index (κ3) is 6.60. The summed E-state index contributed by atoms with van der Waals surface area (Å²) in [5.41, 5.74) is 2.58. The van der Waals surface area contributed by atoms with Crippen LogP contribution in [0.5, 0.6) is 0 Å². The van der Waals surface area contributed by atoms with Gasteiger partial charge in [-0.2, -0.15) is 0 Å². The van der Waals surface area contributed by atoms with E-state index in [1.165, 1.54) is 0 Å². The molecule has 2 aromatic carbocycles. The van der Waals surface area contributed by atoms with Crippen LogP contribution in [-0.2, 0) is 4.74 Å². The van der Waals surface area contributed by atoms with Crippen molar-refractivity contribution in [2.45, 2.75) is 19.8 Å². The van der Waals surface area contributed by atoms with E-state index >= 15 is 0 Å². The fourth-order valence-electron chi connectivity index (χ4n) is 3.51. The van der Waals surface area contributed by atoms with Crippen LogP contribution in [0.4, 0.5) is 21.9 Å². The van der Waals surface area contributed by atoms with Crippen LogP contribution in [0, 0.1) is 5.92 Å². The van der Waals surface area contributed by atoms with Crippen molar-refractivity contribution < 1.29 is 14.3 Å². The largest absolute Gasteiger partial charge is 0.383 e. The van der Waals surface area contributed by atoms with Gasteiger partial charge in [0, 0.05) is 48.8 Å². The number of amides is 3. The van der Waals surface area contributed by atoms with Crippen molar-refractivity contribution in [2.24, 2.45) is 5.92 Å². The number of urea groups is 1. The topological polar surface area (TPSA) is 82.7 Å². The lowest BCUT2D eigenvalue weighted by Crippen LogP contribution is -2.35. The van der Waals surface area contributed by atoms with Crippen molar-refractivity contribution in [3.05, 3.63) is 53.1 Å². The first kappa shape index (κ1) is 22.9. The van der Waals surface area contributed by atoms with E-state index in [1.807, 2.05) is 12.1 Å². The number of ether oxygens (including phenoxy) is 1. The van der Waals surface area contributed by atoms with Crippen LogP contribution in [0.25, 0.3) is 0 Å². The van der Waals surface area contributed by atoms with Gasteiger partial charge in [-0.05, 0) is 61.2 Å². The zero-order chi connectivity index (χ0) is 22.2. The molecular weight excluding hydrogens is 416 g/mol. The summed E-state index contributed by atoms with van der Waals surface area (Å²) >= 11 is 5.88. The van der Waals surface area contributed by atoms with Crippen LogP contribution >= 0.6 is 11.6 Å². The Balaban J connectivity index is 1.75. The number of hydrogen-bond donors (Lipinski definition) is 3. The molecule has 0 aliphatic carbocycles. The van der Waals surface area contributed by atoms with Gasteiger partial charge in [0.15, 0.2) is 0 Å². The Morgan fingerprint density at radius 1 is 1.06 bits per heavy atom. The maximum Gasteiger partial charge on any atom is 0.323 e. The van der Waals surface area contributed by atoms with Gasteiger partial charge < -0.3 is 25.6 Å². The van der Waals surface area contributed by atoms with Crippen LogP contribution in [0.2, 0.25) is 5.02 Å². The van der Waals surface area contributed by atoms with Gasteiger partial charge in [0.25, 0.3) is 5.91 Å². The first-order valence-corrected chi connectivity index (χ1v) is 10.8. The number of nitrogens with zero attached hydrogens (tertiary/aromatic N) is 1. The van der Waals surface area contributed by atoms with Gasteiger partial charge in [-0.1, -0.05) is 18.5 Å². The molecule has 1 aliphatic rings. The number of methoxy groups -OCH3 is 1. The SMILES string of the molecule is COCCNC(=O)c1cc(NC(=O)Nc2ccc(Cl)cc2)ccc1N1CCC(C)CC1. The number of anilines is 3. The van der Waals surface area contributed by atoms with Crippen molar-refractivity contribution in [2.75, 3.05) is 48.9 Å². The fraction of sp³-hybridized carbons (Fsp3) is 0.391. The number of hydrogen-bond acceptors (Lipinski definition) is 4. The summed E-state index contributed by atoms with van der Waals surface area (Å²) in [7, 11) is 1.59. The second-order valence-electron chi connectivity index (χ2n) is 7.74. The van der Waals surface area contributed by atoms with Crippen molar-refractivity contribution in [1.29, 1.82) is 0 Å². The van der Waals surface area contributed by atoms with E-state index in [0.717, 1.165) is 31.6 Å². The minimum Gasteiger partial charge on any atom is -0.383 e. The first-order chi connectivity index (χ1) is 15.0. The lowest BCUT2D eigenvalue weighted by molar-refractivity contribution is 0.0937. The normalized spacial score (nSPS) is 14.2. The second kappa shape index (κ2) is 11.0. The van der Waals surface area contributed by atoms with Gasteiger partial charge in [-0.15, -0.1) is 0 Å². The van der Waals surface area contributed by atoms with Gasteiger partial charge in [0.2, 0.25) is 0 Å². The average Bonchev–Trinajstić information content (AvgIpc) is 2.76. The quantitative estimate of drug-likeness (QED) is 0.545. The Kier molecular flexibility index (Phi) is 8.14. The number of piperidine rings is 1. The molecule has 8 heteroatoms. The van der Waals surface area contributed by atoms with Crippen LogP contribution in [0.15, 0.2) is 42.5 Å². The zero-order valence-electron chi connectivity index (χ0n) is 17.9. The highest BCUT2D eigenvalue weighted by molar-refractivity contribution is 6.30. The Hall–Kier alpha value is -2.77. The summed E-state index contributed by atoms with van der Waals surface area (Å²) in [6.07, 6.45) is 2.18. The summed E-state index contributed by atoms with van der Waals surface area (Å²) in [5, 5.41) is 9.03. The molecule has 1 aliphatic heterocycles. The third-order valence-corrected chi connectivity index (χ3v) is 5.57. The molecule has 3 rings (SSSR count). The molecule has 1 fully saturated rings. The highest BCUT2D eigenvalue weighted by Crippen LogP contribution is 2.29. The fourth-order valence-corrected chi connectivity index (χ4v) is 3.64. The van der Waals surface area contributed by atoms with E-state index in [1.54, 1.807) is 37.4 Å². The Labute approximate surface area is 188 Å². The number of carbonyl (C=O) groups excluding carboxylic acids is 2. The smallest absolute Gasteiger partial charge is 0.323 e. The maximum atomic E-state index is 12.9. The highest BCUT2D eigenvalue weighted by Gasteiger charge is 2.21. The maximum absolute atomic E-state index is 12.9. The van der Waals surface area contributed by atoms with Crippen LogP contribution in [0.3, 0.4) is 0 Å². The Morgan fingerprint density at radius 2 is 1.71 bits per heavy atom. The molecule has 31 heavy (non-hydrogen) atoms. The van der Waals surface area contributed by atoms with E-state index in [2.05, 4.69) is 27.8 Å². The number of benzene rings is 2. The van der Waals surface area contributed by atoms with E-state index in [9.17, 15) is 9.59 Å². The van der Waals surface area contributed by atoms with E-state index < -0.39 is 6.03 Å². The van der Waals surface area contributed by atoms with E-state index in [0.29, 0.717) is 41.0 Å². The van der Waals surface area contributed by atoms with Crippen molar-refractivity contribution in [1.82, 2.24) is 5.32 Å². The highest BCUT2D eigenvalue weighted by atomic mass is 35.5. The molecule has 0 radical (unpaired) electrons. The minimum atomic E-state index is -0.396. The molecule has 1 saturated heterocycles. The predicted octanol–water partition coefficient (Wildman–Crippen LogP) is 4.60. The lowest BCUT2D eigenvalue weighted by Gasteiger charge is -2.33. The summed E-state index contributed by atoms with van der Waals surface area (Å²) in [6, 6.07) is 11.9. The molecular formula is C23H29ClN4O3. The molecule has 7 nitrogen and oxygen atoms in total. The van der Waals surface area contributed by atoms with Crippen molar-refractivity contribution in [3.63, 3.8) is 0 Å². The van der Waals surface area contributed by atoms with Crippen LogP contribution in [-0.4, -0.2) is 45.3 Å². The summed E-state index contributed by atoms with van der Waals surface area (Å²) in [4.78, 5) is 27.5. The van der Waals surface area contributed by atoms with Crippen molar-refractivity contribution in [3.8, 4) is 0 Å². The van der Waals surface area contributed by atoms with Crippen LogP contribution < -0.4 is 20.9 Å². The average molecular weight is 445 g/mol. The molecule has 0 bridgehead atoms. The van der Waals surface area contributed by atoms with Gasteiger partial charge in [0.05, 0.1) is 12.2 Å².